The zero-order valence-corrected chi connectivity index (χ0v) is 13.0. The standard InChI is InChI=1S/C12H24N2O2S2/c1-3-11(17-2)10-13-6-8-14(9-7-13)18(15,16)12-4-5-12/h11-12H,3-10H2,1-2H3. The maximum absolute atomic E-state index is 12.1. The Balaban J connectivity index is 1.81. The van der Waals surface area contributed by atoms with E-state index in [0.717, 1.165) is 32.5 Å². The Morgan fingerprint density at radius 2 is 1.83 bits per heavy atom. The van der Waals surface area contributed by atoms with Crippen LogP contribution in [0.3, 0.4) is 0 Å². The summed E-state index contributed by atoms with van der Waals surface area (Å²) in [6.07, 6.45) is 5.07. The van der Waals surface area contributed by atoms with Gasteiger partial charge in [-0.3, -0.25) is 4.90 Å². The summed E-state index contributed by atoms with van der Waals surface area (Å²) in [5, 5.41) is 0.621. The summed E-state index contributed by atoms with van der Waals surface area (Å²) in [5.74, 6) is 0. The van der Waals surface area contributed by atoms with Crippen molar-refractivity contribution in [3.8, 4) is 0 Å². The molecule has 1 aliphatic heterocycles. The van der Waals surface area contributed by atoms with Gasteiger partial charge in [-0.05, 0) is 25.5 Å². The minimum absolute atomic E-state index is 0.0568. The lowest BCUT2D eigenvalue weighted by Crippen LogP contribution is -2.50. The molecular formula is C12H24N2O2S2. The highest BCUT2D eigenvalue weighted by Gasteiger charge is 2.40. The van der Waals surface area contributed by atoms with Crippen molar-refractivity contribution in [2.45, 2.75) is 36.7 Å². The van der Waals surface area contributed by atoms with Crippen molar-refractivity contribution in [2.75, 3.05) is 39.0 Å². The number of rotatable bonds is 6. The average Bonchev–Trinajstić information content (AvgIpc) is 3.21. The van der Waals surface area contributed by atoms with E-state index in [1.165, 1.54) is 6.42 Å². The van der Waals surface area contributed by atoms with E-state index < -0.39 is 10.0 Å². The van der Waals surface area contributed by atoms with Crippen LogP contribution < -0.4 is 0 Å². The number of sulfonamides is 1. The lowest BCUT2D eigenvalue weighted by molar-refractivity contribution is 0.188. The quantitative estimate of drug-likeness (QED) is 0.738. The Bertz CT molecular complexity index is 356. The van der Waals surface area contributed by atoms with Gasteiger partial charge < -0.3 is 0 Å². The van der Waals surface area contributed by atoms with Gasteiger partial charge in [-0.25, -0.2) is 8.42 Å². The molecule has 2 aliphatic rings. The molecule has 0 aromatic carbocycles. The minimum Gasteiger partial charge on any atom is -0.300 e. The molecule has 2 rings (SSSR count). The Hall–Kier alpha value is 0.220. The number of hydrogen-bond acceptors (Lipinski definition) is 4. The highest BCUT2D eigenvalue weighted by molar-refractivity contribution is 7.99. The molecule has 4 nitrogen and oxygen atoms in total. The average molecular weight is 292 g/mol. The molecule has 6 heteroatoms. The largest absolute Gasteiger partial charge is 0.300 e. The molecule has 0 N–H and O–H groups in total. The van der Waals surface area contributed by atoms with E-state index in [2.05, 4.69) is 18.1 Å². The summed E-state index contributed by atoms with van der Waals surface area (Å²) in [6, 6.07) is 0. The summed E-state index contributed by atoms with van der Waals surface area (Å²) in [5.41, 5.74) is 0. The second-order valence-electron chi connectivity index (χ2n) is 5.21. The third-order valence-electron chi connectivity index (χ3n) is 3.89. The molecule has 1 saturated carbocycles. The lowest BCUT2D eigenvalue weighted by atomic mass is 10.3. The van der Waals surface area contributed by atoms with Crippen LogP contribution in [0.5, 0.6) is 0 Å². The Labute approximate surface area is 115 Å². The van der Waals surface area contributed by atoms with Crippen LogP contribution in [0.25, 0.3) is 0 Å². The first-order valence-electron chi connectivity index (χ1n) is 6.82. The predicted molar refractivity (Wildman–Crippen MR) is 77.5 cm³/mol. The molecule has 106 valence electrons. The first kappa shape index (κ1) is 14.6. The first-order valence-corrected chi connectivity index (χ1v) is 9.61. The van der Waals surface area contributed by atoms with Crippen molar-refractivity contribution < 1.29 is 8.42 Å². The molecule has 1 unspecified atom stereocenters. The monoisotopic (exact) mass is 292 g/mol. The van der Waals surface area contributed by atoms with Crippen molar-refractivity contribution in [3.05, 3.63) is 0 Å². The fourth-order valence-corrected chi connectivity index (χ4v) is 4.92. The van der Waals surface area contributed by atoms with Crippen molar-refractivity contribution >= 4 is 21.8 Å². The molecule has 0 radical (unpaired) electrons. The highest BCUT2D eigenvalue weighted by Crippen LogP contribution is 2.31. The van der Waals surface area contributed by atoms with Gasteiger partial charge >= 0.3 is 0 Å². The maximum Gasteiger partial charge on any atom is 0.217 e. The van der Waals surface area contributed by atoms with Gasteiger partial charge in [0, 0.05) is 38.0 Å². The van der Waals surface area contributed by atoms with E-state index in [1.54, 1.807) is 4.31 Å². The summed E-state index contributed by atoms with van der Waals surface area (Å²) < 4.78 is 25.9. The van der Waals surface area contributed by atoms with Gasteiger partial charge in [0.05, 0.1) is 5.25 Å². The first-order chi connectivity index (χ1) is 8.57. The molecule has 1 saturated heterocycles. The van der Waals surface area contributed by atoms with Crippen LogP contribution in [0.15, 0.2) is 0 Å². The van der Waals surface area contributed by atoms with Gasteiger partial charge in [0.2, 0.25) is 10.0 Å². The molecular weight excluding hydrogens is 268 g/mol. The Morgan fingerprint density at radius 1 is 1.22 bits per heavy atom. The van der Waals surface area contributed by atoms with Crippen LogP contribution in [-0.4, -0.2) is 67.1 Å². The Morgan fingerprint density at radius 3 is 2.28 bits per heavy atom. The number of piperazine rings is 1. The number of nitrogens with zero attached hydrogens (tertiary/aromatic N) is 2. The van der Waals surface area contributed by atoms with Crippen LogP contribution in [0.4, 0.5) is 0 Å². The van der Waals surface area contributed by atoms with Crippen LogP contribution in [-0.2, 0) is 10.0 Å². The van der Waals surface area contributed by atoms with Gasteiger partial charge in [-0.2, -0.15) is 16.1 Å². The molecule has 1 heterocycles. The second-order valence-corrected chi connectivity index (χ2v) is 8.56. The summed E-state index contributed by atoms with van der Waals surface area (Å²) in [7, 11) is -2.95. The van der Waals surface area contributed by atoms with E-state index in [0.29, 0.717) is 18.3 Å². The van der Waals surface area contributed by atoms with Gasteiger partial charge in [-0.15, -0.1) is 0 Å². The normalized spacial score (nSPS) is 25.2. The molecule has 0 amide bonds. The van der Waals surface area contributed by atoms with Crippen molar-refractivity contribution in [3.63, 3.8) is 0 Å². The summed E-state index contributed by atoms with van der Waals surface area (Å²) in [4.78, 5) is 2.41. The van der Waals surface area contributed by atoms with Gasteiger partial charge in [0.1, 0.15) is 0 Å². The predicted octanol–water partition coefficient (Wildman–Crippen LogP) is 1.24. The molecule has 0 spiro atoms. The van der Waals surface area contributed by atoms with Crippen LogP contribution in [0, 0.1) is 0 Å². The third-order valence-corrected chi connectivity index (χ3v) is 7.44. The number of thioether (sulfide) groups is 1. The fraction of sp³-hybridized carbons (Fsp3) is 1.00. The summed E-state index contributed by atoms with van der Waals surface area (Å²) in [6.45, 7) is 6.46. The van der Waals surface area contributed by atoms with Crippen LogP contribution in [0.1, 0.15) is 26.2 Å². The van der Waals surface area contributed by atoms with Gasteiger partial charge in [-0.1, -0.05) is 6.92 Å². The minimum atomic E-state index is -2.95. The van der Waals surface area contributed by atoms with Crippen LogP contribution >= 0.6 is 11.8 Å². The topological polar surface area (TPSA) is 40.6 Å². The van der Waals surface area contributed by atoms with Crippen molar-refractivity contribution in [1.29, 1.82) is 0 Å². The number of hydrogen-bond donors (Lipinski definition) is 0. The summed E-state index contributed by atoms with van der Waals surface area (Å²) >= 11 is 1.91. The molecule has 1 atom stereocenters. The molecule has 0 aromatic heterocycles. The zero-order valence-electron chi connectivity index (χ0n) is 11.3. The van der Waals surface area contributed by atoms with E-state index in [-0.39, 0.29) is 5.25 Å². The molecule has 18 heavy (non-hydrogen) atoms. The van der Waals surface area contributed by atoms with Crippen molar-refractivity contribution in [1.82, 2.24) is 9.21 Å². The van der Waals surface area contributed by atoms with Gasteiger partial charge in [0.25, 0.3) is 0 Å². The van der Waals surface area contributed by atoms with Crippen LogP contribution in [0.2, 0.25) is 0 Å². The van der Waals surface area contributed by atoms with Crippen molar-refractivity contribution in [2.24, 2.45) is 0 Å². The Kier molecular flexibility index (Phi) is 4.97. The fourth-order valence-electron chi connectivity index (χ4n) is 2.40. The van der Waals surface area contributed by atoms with E-state index in [1.807, 2.05) is 11.8 Å². The zero-order chi connectivity index (χ0) is 13.2. The molecule has 0 bridgehead atoms. The smallest absolute Gasteiger partial charge is 0.217 e. The van der Waals surface area contributed by atoms with E-state index in [9.17, 15) is 8.42 Å². The molecule has 1 aliphatic carbocycles. The molecule has 2 fully saturated rings. The maximum atomic E-state index is 12.1. The van der Waals surface area contributed by atoms with Gasteiger partial charge in [0.15, 0.2) is 0 Å². The second kappa shape index (κ2) is 6.11. The van der Waals surface area contributed by atoms with E-state index in [4.69, 9.17) is 0 Å². The van der Waals surface area contributed by atoms with E-state index >= 15 is 0 Å². The lowest BCUT2D eigenvalue weighted by Gasteiger charge is -2.35. The highest BCUT2D eigenvalue weighted by atomic mass is 32.2. The third kappa shape index (κ3) is 3.40. The SMILES string of the molecule is CCC(CN1CCN(S(=O)(=O)C2CC2)CC1)SC. The molecule has 0 aromatic rings.